The van der Waals surface area contributed by atoms with E-state index in [1.807, 2.05) is 42.5 Å². The number of aryl methyl sites for hydroxylation is 1. The van der Waals surface area contributed by atoms with Gasteiger partial charge in [-0.3, -0.25) is 9.59 Å². The van der Waals surface area contributed by atoms with Crippen LogP contribution in [0.25, 0.3) is 0 Å². The number of fused-ring (bicyclic) bond motifs is 1. The third-order valence-corrected chi connectivity index (χ3v) is 5.13. The molecule has 1 aliphatic carbocycles. The van der Waals surface area contributed by atoms with Crippen LogP contribution < -0.4 is 10.1 Å². The maximum Gasteiger partial charge on any atom is 0.307 e. The zero-order valence-electron chi connectivity index (χ0n) is 14.4. The minimum absolute atomic E-state index is 0.194. The fourth-order valence-corrected chi connectivity index (χ4v) is 3.57. The molecule has 2 aromatic carbocycles. The average molecular weight is 351 g/mol. The number of nitrogens with one attached hydrogen (secondary N) is 1. The first kappa shape index (κ1) is 16.6. The Labute approximate surface area is 152 Å². The van der Waals surface area contributed by atoms with Crippen LogP contribution in [-0.4, -0.2) is 23.6 Å². The van der Waals surface area contributed by atoms with E-state index >= 15 is 0 Å². The first-order chi connectivity index (χ1) is 12.6. The Hall–Kier alpha value is -2.82. The van der Waals surface area contributed by atoms with Crippen LogP contribution in [0.1, 0.15) is 35.6 Å². The smallest absolute Gasteiger partial charge is 0.307 e. The standard InChI is InChI=1S/C21H21NO4/c23-20(16-12-17(16)21(24)25)22-19(13-5-2-1-3-6-13)15-8-9-18-14(11-15)7-4-10-26-18/h1-3,5-6,8-9,11,16-17,19H,4,7,10,12H2,(H,22,23)(H,24,25). The second-order valence-electron chi connectivity index (χ2n) is 6.96. The molecule has 0 spiro atoms. The molecule has 3 unspecified atom stereocenters. The number of rotatable bonds is 5. The Morgan fingerprint density at radius 2 is 1.88 bits per heavy atom. The quantitative estimate of drug-likeness (QED) is 0.868. The lowest BCUT2D eigenvalue weighted by Crippen LogP contribution is -2.31. The van der Waals surface area contributed by atoms with Crippen molar-refractivity contribution in [3.8, 4) is 5.75 Å². The van der Waals surface area contributed by atoms with E-state index in [9.17, 15) is 9.59 Å². The summed E-state index contributed by atoms with van der Waals surface area (Å²) in [6.07, 6.45) is 2.37. The molecule has 134 valence electrons. The number of ether oxygens (including phenoxy) is 1. The van der Waals surface area contributed by atoms with Crippen molar-refractivity contribution in [3.05, 3.63) is 65.2 Å². The summed E-state index contributed by atoms with van der Waals surface area (Å²) in [6, 6.07) is 15.5. The van der Waals surface area contributed by atoms with Gasteiger partial charge in [0.2, 0.25) is 5.91 Å². The summed E-state index contributed by atoms with van der Waals surface area (Å²) in [5.41, 5.74) is 3.12. The molecule has 2 aliphatic rings. The molecule has 1 aliphatic heterocycles. The summed E-state index contributed by atoms with van der Waals surface area (Å²) >= 11 is 0. The summed E-state index contributed by atoms with van der Waals surface area (Å²) in [7, 11) is 0. The Bertz CT molecular complexity index is 833. The average Bonchev–Trinajstić information content (AvgIpc) is 3.47. The van der Waals surface area contributed by atoms with Gasteiger partial charge < -0.3 is 15.2 Å². The molecular formula is C21H21NO4. The molecule has 5 heteroatoms. The SMILES string of the molecule is O=C(O)C1CC1C(=O)NC(c1ccccc1)c1ccc2c(c1)CCCO2. The van der Waals surface area contributed by atoms with Crippen LogP contribution in [0.3, 0.4) is 0 Å². The van der Waals surface area contributed by atoms with Gasteiger partial charge in [0, 0.05) is 0 Å². The number of carboxylic acid groups (broad SMARTS) is 1. The predicted molar refractivity (Wildman–Crippen MR) is 95.9 cm³/mol. The van der Waals surface area contributed by atoms with Crippen LogP contribution in [0.4, 0.5) is 0 Å². The van der Waals surface area contributed by atoms with Crippen molar-refractivity contribution in [1.29, 1.82) is 0 Å². The van der Waals surface area contributed by atoms with Crippen molar-refractivity contribution in [2.24, 2.45) is 11.8 Å². The van der Waals surface area contributed by atoms with E-state index in [1.54, 1.807) is 0 Å². The number of hydrogen-bond acceptors (Lipinski definition) is 3. The van der Waals surface area contributed by atoms with Gasteiger partial charge in [-0.15, -0.1) is 0 Å². The second-order valence-corrected chi connectivity index (χ2v) is 6.96. The summed E-state index contributed by atoms with van der Waals surface area (Å²) in [4.78, 5) is 23.6. The first-order valence-electron chi connectivity index (χ1n) is 8.97. The number of benzene rings is 2. The van der Waals surface area contributed by atoms with Crippen LogP contribution in [0.5, 0.6) is 5.75 Å². The summed E-state index contributed by atoms with van der Waals surface area (Å²) in [6.45, 7) is 0.740. The van der Waals surface area contributed by atoms with Gasteiger partial charge in [0.15, 0.2) is 0 Å². The predicted octanol–water partition coefficient (Wildman–Crippen LogP) is 2.94. The Morgan fingerprint density at radius 1 is 1.08 bits per heavy atom. The third-order valence-electron chi connectivity index (χ3n) is 5.13. The Kier molecular flexibility index (Phi) is 4.37. The van der Waals surface area contributed by atoms with Crippen molar-refractivity contribution in [1.82, 2.24) is 5.32 Å². The van der Waals surface area contributed by atoms with Crippen molar-refractivity contribution >= 4 is 11.9 Å². The van der Waals surface area contributed by atoms with Crippen LogP contribution in [0.2, 0.25) is 0 Å². The summed E-state index contributed by atoms with van der Waals surface area (Å²) < 4.78 is 5.68. The second kappa shape index (κ2) is 6.83. The first-order valence-corrected chi connectivity index (χ1v) is 8.97. The van der Waals surface area contributed by atoms with Gasteiger partial charge >= 0.3 is 5.97 Å². The van der Waals surface area contributed by atoms with Gasteiger partial charge in [-0.2, -0.15) is 0 Å². The molecule has 0 saturated heterocycles. The molecule has 2 aromatic rings. The summed E-state index contributed by atoms with van der Waals surface area (Å²) in [5.74, 6) is -1.16. The lowest BCUT2D eigenvalue weighted by atomic mass is 9.94. The van der Waals surface area contributed by atoms with E-state index in [0.717, 1.165) is 41.9 Å². The van der Waals surface area contributed by atoms with Crippen molar-refractivity contribution in [3.63, 3.8) is 0 Å². The molecule has 1 fully saturated rings. The van der Waals surface area contributed by atoms with E-state index in [0.29, 0.717) is 6.42 Å². The van der Waals surface area contributed by atoms with Gasteiger partial charge in [-0.25, -0.2) is 0 Å². The van der Waals surface area contributed by atoms with E-state index < -0.39 is 17.8 Å². The van der Waals surface area contributed by atoms with Gasteiger partial charge in [-0.1, -0.05) is 36.4 Å². The normalized spacial score (nSPS) is 21.8. The lowest BCUT2D eigenvalue weighted by molar-refractivity contribution is -0.140. The molecule has 1 heterocycles. The number of carbonyl (C=O) groups is 2. The van der Waals surface area contributed by atoms with Gasteiger partial charge in [0.1, 0.15) is 5.75 Å². The molecule has 0 bridgehead atoms. The number of hydrogen-bond donors (Lipinski definition) is 2. The van der Waals surface area contributed by atoms with Crippen LogP contribution in [0.15, 0.2) is 48.5 Å². The van der Waals surface area contributed by atoms with Crippen LogP contribution >= 0.6 is 0 Å². The number of carboxylic acids is 1. The maximum absolute atomic E-state index is 12.6. The minimum Gasteiger partial charge on any atom is -0.493 e. The number of amides is 1. The van der Waals surface area contributed by atoms with Crippen molar-refractivity contribution in [2.45, 2.75) is 25.3 Å². The van der Waals surface area contributed by atoms with Crippen molar-refractivity contribution < 1.29 is 19.4 Å². The third kappa shape index (κ3) is 3.29. The largest absolute Gasteiger partial charge is 0.493 e. The molecular weight excluding hydrogens is 330 g/mol. The molecule has 3 atom stereocenters. The molecule has 0 aromatic heterocycles. The number of aliphatic carboxylic acids is 1. The monoisotopic (exact) mass is 351 g/mol. The van der Waals surface area contributed by atoms with Gasteiger partial charge in [0.05, 0.1) is 24.5 Å². The van der Waals surface area contributed by atoms with Gasteiger partial charge in [-0.05, 0) is 48.1 Å². The van der Waals surface area contributed by atoms with Gasteiger partial charge in [0.25, 0.3) is 0 Å². The lowest BCUT2D eigenvalue weighted by Gasteiger charge is -2.23. The maximum atomic E-state index is 12.6. The Morgan fingerprint density at radius 3 is 2.62 bits per heavy atom. The zero-order chi connectivity index (χ0) is 18.1. The molecule has 1 saturated carbocycles. The van der Waals surface area contributed by atoms with Crippen LogP contribution in [-0.2, 0) is 16.0 Å². The van der Waals surface area contributed by atoms with E-state index in [2.05, 4.69) is 11.4 Å². The molecule has 0 radical (unpaired) electrons. The fourth-order valence-electron chi connectivity index (χ4n) is 3.57. The van der Waals surface area contributed by atoms with E-state index in [-0.39, 0.29) is 11.9 Å². The highest BCUT2D eigenvalue weighted by Gasteiger charge is 2.48. The van der Waals surface area contributed by atoms with E-state index in [4.69, 9.17) is 9.84 Å². The molecule has 2 N–H and O–H groups in total. The topological polar surface area (TPSA) is 75.6 Å². The highest BCUT2D eigenvalue weighted by atomic mass is 16.5. The molecule has 1 amide bonds. The molecule has 26 heavy (non-hydrogen) atoms. The zero-order valence-corrected chi connectivity index (χ0v) is 14.4. The van der Waals surface area contributed by atoms with E-state index in [1.165, 1.54) is 0 Å². The highest BCUT2D eigenvalue weighted by molar-refractivity contribution is 5.89. The Balaban J connectivity index is 1.62. The fraction of sp³-hybridized carbons (Fsp3) is 0.333. The summed E-state index contributed by atoms with van der Waals surface area (Å²) in [5, 5.41) is 12.1. The van der Waals surface area contributed by atoms with Crippen molar-refractivity contribution in [2.75, 3.05) is 6.61 Å². The highest BCUT2D eigenvalue weighted by Crippen LogP contribution is 2.40. The number of carbonyl (C=O) groups excluding carboxylic acids is 1. The minimum atomic E-state index is -0.896. The van der Waals surface area contributed by atoms with Crippen LogP contribution in [0, 0.1) is 11.8 Å². The molecule has 4 rings (SSSR count). The molecule has 5 nitrogen and oxygen atoms in total.